The summed E-state index contributed by atoms with van der Waals surface area (Å²) in [7, 11) is -0.582. The fourth-order valence-electron chi connectivity index (χ4n) is 1.35. The first-order chi connectivity index (χ1) is 8.41. The quantitative estimate of drug-likeness (QED) is 0.856. The average Bonchev–Trinajstić information content (AvgIpc) is 2.78. The molecule has 0 bridgehead atoms. The molecule has 2 N–H and O–H groups in total. The first-order valence-electron chi connectivity index (χ1n) is 5.11. The smallest absolute Gasteiger partial charge is 0.306 e. The van der Waals surface area contributed by atoms with Crippen LogP contribution in [0.2, 0.25) is 0 Å². The van der Waals surface area contributed by atoms with E-state index in [4.69, 9.17) is 5.73 Å². The highest BCUT2D eigenvalue weighted by atomic mass is 32.2. The molecule has 18 heavy (non-hydrogen) atoms. The topological polar surface area (TPSA) is 94.1 Å². The number of nitrogens with zero attached hydrogens (tertiary/aromatic N) is 4. The van der Waals surface area contributed by atoms with Gasteiger partial charge in [0.25, 0.3) is 0 Å². The van der Waals surface area contributed by atoms with Crippen LogP contribution in [-0.2, 0) is 10.2 Å². The van der Waals surface area contributed by atoms with Crippen LogP contribution in [0.25, 0.3) is 11.4 Å². The molecule has 0 spiro atoms. The molecule has 0 radical (unpaired) electrons. The van der Waals surface area contributed by atoms with E-state index in [-0.39, 0.29) is 0 Å². The normalized spacial score (nSPS) is 11.9. The van der Waals surface area contributed by atoms with E-state index in [9.17, 15) is 8.42 Å². The van der Waals surface area contributed by atoms with Crippen molar-refractivity contribution in [3.63, 3.8) is 0 Å². The average molecular weight is 267 g/mol. The highest BCUT2D eigenvalue weighted by Gasteiger charge is 2.16. The van der Waals surface area contributed by atoms with E-state index in [0.717, 1.165) is 8.28 Å². The van der Waals surface area contributed by atoms with Crippen LogP contribution in [0.5, 0.6) is 0 Å². The third-order valence-electron chi connectivity index (χ3n) is 2.33. The van der Waals surface area contributed by atoms with Crippen molar-refractivity contribution in [2.24, 2.45) is 0 Å². The standard InChI is InChI=1S/C10H13N5O2S/c1-14(2)18(16,17)15-6-4-8(7-15)10-12-5-3-9(11)13-10/h3-7H,1-2H3,(H2,11,12,13). The number of aromatic nitrogens is 3. The highest BCUT2D eigenvalue weighted by Crippen LogP contribution is 2.17. The molecule has 0 fully saturated rings. The van der Waals surface area contributed by atoms with Gasteiger partial charge in [-0.05, 0) is 12.1 Å². The van der Waals surface area contributed by atoms with E-state index >= 15 is 0 Å². The maximum absolute atomic E-state index is 11.9. The van der Waals surface area contributed by atoms with E-state index < -0.39 is 10.2 Å². The van der Waals surface area contributed by atoms with E-state index in [1.807, 2.05) is 0 Å². The highest BCUT2D eigenvalue weighted by molar-refractivity contribution is 7.87. The van der Waals surface area contributed by atoms with Crippen LogP contribution in [0.1, 0.15) is 0 Å². The number of hydrogen-bond acceptors (Lipinski definition) is 5. The predicted molar refractivity (Wildman–Crippen MR) is 67.9 cm³/mol. The van der Waals surface area contributed by atoms with Crippen molar-refractivity contribution in [2.75, 3.05) is 19.8 Å². The summed E-state index contributed by atoms with van der Waals surface area (Å²) in [5.41, 5.74) is 6.14. The fraction of sp³-hybridized carbons (Fsp3) is 0.200. The van der Waals surface area contributed by atoms with Gasteiger partial charge >= 0.3 is 10.2 Å². The molecule has 0 aliphatic rings. The van der Waals surface area contributed by atoms with Gasteiger partial charge in [-0.3, -0.25) is 0 Å². The Morgan fingerprint density at radius 2 is 2.06 bits per heavy atom. The Hall–Kier alpha value is -1.93. The molecule has 0 saturated heterocycles. The van der Waals surface area contributed by atoms with Gasteiger partial charge in [0.15, 0.2) is 5.82 Å². The van der Waals surface area contributed by atoms with Crippen LogP contribution in [0.3, 0.4) is 0 Å². The molecule has 0 unspecified atom stereocenters. The summed E-state index contributed by atoms with van der Waals surface area (Å²) < 4.78 is 26.0. The van der Waals surface area contributed by atoms with Crippen LogP contribution in [-0.4, -0.2) is 40.8 Å². The minimum absolute atomic E-state index is 0.336. The Labute approximate surface area is 105 Å². The molecule has 2 rings (SSSR count). The second kappa shape index (κ2) is 4.39. The zero-order chi connectivity index (χ0) is 13.3. The first-order valence-corrected chi connectivity index (χ1v) is 6.51. The third kappa shape index (κ3) is 2.20. The number of anilines is 1. The molecule has 2 heterocycles. The Kier molecular flexibility index (Phi) is 3.05. The zero-order valence-corrected chi connectivity index (χ0v) is 10.8. The second-order valence-electron chi connectivity index (χ2n) is 3.83. The van der Waals surface area contributed by atoms with E-state index in [0.29, 0.717) is 17.2 Å². The Morgan fingerprint density at radius 3 is 2.67 bits per heavy atom. The molecule has 0 atom stereocenters. The van der Waals surface area contributed by atoms with Crippen molar-refractivity contribution >= 4 is 16.0 Å². The Morgan fingerprint density at radius 1 is 1.33 bits per heavy atom. The maximum Gasteiger partial charge on any atom is 0.306 e. The Bertz CT molecular complexity index is 662. The van der Waals surface area contributed by atoms with Gasteiger partial charge < -0.3 is 5.73 Å². The molecule has 0 aliphatic heterocycles. The van der Waals surface area contributed by atoms with Crippen molar-refractivity contribution in [1.82, 2.24) is 18.2 Å². The molecule has 7 nitrogen and oxygen atoms in total. The minimum atomic E-state index is -3.51. The summed E-state index contributed by atoms with van der Waals surface area (Å²) >= 11 is 0. The summed E-state index contributed by atoms with van der Waals surface area (Å²) in [4.78, 5) is 8.07. The van der Waals surface area contributed by atoms with Gasteiger partial charge in [0, 0.05) is 38.2 Å². The monoisotopic (exact) mass is 267 g/mol. The molecule has 8 heteroatoms. The van der Waals surface area contributed by atoms with Crippen molar-refractivity contribution < 1.29 is 8.42 Å². The molecule has 0 aliphatic carbocycles. The van der Waals surface area contributed by atoms with E-state index in [1.165, 1.54) is 32.7 Å². The Balaban J connectivity index is 2.43. The minimum Gasteiger partial charge on any atom is -0.384 e. The van der Waals surface area contributed by atoms with Crippen molar-refractivity contribution in [3.8, 4) is 11.4 Å². The third-order valence-corrected chi connectivity index (χ3v) is 4.01. The van der Waals surface area contributed by atoms with Crippen LogP contribution in [0.4, 0.5) is 5.82 Å². The zero-order valence-electron chi connectivity index (χ0n) is 9.98. The maximum atomic E-state index is 11.9. The molecule has 0 saturated carbocycles. The SMILES string of the molecule is CN(C)S(=O)(=O)n1ccc(-c2nccc(N)n2)c1. The van der Waals surface area contributed by atoms with Crippen molar-refractivity contribution in [3.05, 3.63) is 30.7 Å². The van der Waals surface area contributed by atoms with Crippen LogP contribution in [0.15, 0.2) is 30.7 Å². The lowest BCUT2D eigenvalue weighted by atomic mass is 10.3. The van der Waals surface area contributed by atoms with E-state index in [2.05, 4.69) is 9.97 Å². The summed E-state index contributed by atoms with van der Waals surface area (Å²) in [6.45, 7) is 0. The van der Waals surface area contributed by atoms with Gasteiger partial charge in [-0.25, -0.2) is 13.9 Å². The molecule has 96 valence electrons. The van der Waals surface area contributed by atoms with Gasteiger partial charge in [-0.15, -0.1) is 0 Å². The lowest BCUT2D eigenvalue weighted by Crippen LogP contribution is -2.27. The summed E-state index contributed by atoms with van der Waals surface area (Å²) in [6.07, 6.45) is 4.41. The number of nitrogen functional groups attached to an aromatic ring is 1. The lowest BCUT2D eigenvalue weighted by molar-refractivity contribution is 0.511. The fourth-order valence-corrected chi connectivity index (χ4v) is 2.19. The number of nitrogens with two attached hydrogens (primary N) is 1. The van der Waals surface area contributed by atoms with Crippen LogP contribution >= 0.6 is 0 Å². The second-order valence-corrected chi connectivity index (χ2v) is 5.87. The van der Waals surface area contributed by atoms with Gasteiger partial charge in [0.2, 0.25) is 0 Å². The predicted octanol–water partition coefficient (Wildman–Crippen LogP) is 0.182. The number of hydrogen-bond donors (Lipinski definition) is 1. The summed E-state index contributed by atoms with van der Waals surface area (Å²) in [6, 6.07) is 3.19. The van der Waals surface area contributed by atoms with Crippen LogP contribution in [0, 0.1) is 0 Å². The summed E-state index contributed by atoms with van der Waals surface area (Å²) in [5.74, 6) is 0.728. The van der Waals surface area contributed by atoms with Crippen molar-refractivity contribution in [1.29, 1.82) is 0 Å². The van der Waals surface area contributed by atoms with Gasteiger partial charge in [-0.1, -0.05) is 0 Å². The molecule has 0 aromatic carbocycles. The van der Waals surface area contributed by atoms with E-state index in [1.54, 1.807) is 12.1 Å². The first kappa shape index (κ1) is 12.5. The molecule has 2 aromatic rings. The molecular formula is C10H13N5O2S. The summed E-state index contributed by atoms with van der Waals surface area (Å²) in [5, 5.41) is 0. The number of rotatable bonds is 3. The van der Waals surface area contributed by atoms with Crippen LogP contribution < -0.4 is 5.73 Å². The largest absolute Gasteiger partial charge is 0.384 e. The molecule has 0 amide bonds. The van der Waals surface area contributed by atoms with Crippen molar-refractivity contribution in [2.45, 2.75) is 0 Å². The van der Waals surface area contributed by atoms with Gasteiger partial charge in [-0.2, -0.15) is 12.7 Å². The van der Waals surface area contributed by atoms with Gasteiger partial charge in [0.1, 0.15) is 5.82 Å². The molecular weight excluding hydrogens is 254 g/mol. The lowest BCUT2D eigenvalue weighted by Gasteiger charge is -2.11. The molecule has 2 aromatic heterocycles. The van der Waals surface area contributed by atoms with Gasteiger partial charge in [0.05, 0.1) is 0 Å².